The lowest BCUT2D eigenvalue weighted by atomic mass is 10.2. The van der Waals surface area contributed by atoms with Crippen LogP contribution >= 0.6 is 11.6 Å². The maximum Gasteiger partial charge on any atom is 0.160 e. The zero-order valence-corrected chi connectivity index (χ0v) is 16.6. The fourth-order valence-electron chi connectivity index (χ4n) is 4.04. The van der Waals surface area contributed by atoms with Crippen molar-refractivity contribution in [2.24, 2.45) is 0 Å². The molecule has 0 radical (unpaired) electrons. The van der Waals surface area contributed by atoms with Crippen molar-refractivity contribution in [1.29, 1.82) is 0 Å². The minimum atomic E-state index is -0.483. The molecule has 0 aliphatic carbocycles. The molecule has 9 heteroatoms. The molecule has 0 saturated carbocycles. The molecule has 2 aliphatic rings. The zero-order chi connectivity index (χ0) is 20.0. The molecule has 0 amide bonds. The summed E-state index contributed by atoms with van der Waals surface area (Å²) in [6.45, 7) is 4.13. The van der Waals surface area contributed by atoms with E-state index in [1.54, 1.807) is 0 Å². The van der Waals surface area contributed by atoms with Gasteiger partial charge < -0.3 is 20.3 Å². The van der Waals surface area contributed by atoms with Gasteiger partial charge in [0.1, 0.15) is 29.2 Å². The van der Waals surface area contributed by atoms with Gasteiger partial charge in [0.05, 0.1) is 22.8 Å². The van der Waals surface area contributed by atoms with Gasteiger partial charge in [-0.3, -0.25) is 0 Å². The summed E-state index contributed by atoms with van der Waals surface area (Å²) in [5.41, 5.74) is 1.48. The van der Waals surface area contributed by atoms with E-state index in [0.29, 0.717) is 46.3 Å². The second kappa shape index (κ2) is 7.27. The average molecular weight is 415 g/mol. The van der Waals surface area contributed by atoms with Crippen LogP contribution in [0.5, 0.6) is 5.75 Å². The van der Waals surface area contributed by atoms with E-state index >= 15 is 0 Å². The Kier molecular flexibility index (Phi) is 4.60. The van der Waals surface area contributed by atoms with Gasteiger partial charge in [0.25, 0.3) is 0 Å². The van der Waals surface area contributed by atoms with Crippen molar-refractivity contribution in [1.82, 2.24) is 20.3 Å². The summed E-state index contributed by atoms with van der Waals surface area (Å²) in [6, 6.07) is 7.63. The second-order valence-corrected chi connectivity index (χ2v) is 7.63. The van der Waals surface area contributed by atoms with Crippen LogP contribution in [0.4, 0.5) is 21.7 Å². The highest BCUT2D eigenvalue weighted by Gasteiger charge is 2.38. The molecule has 2 aliphatic heterocycles. The van der Waals surface area contributed by atoms with Gasteiger partial charge in [-0.05, 0) is 31.5 Å². The lowest BCUT2D eigenvalue weighted by Gasteiger charge is -2.28. The van der Waals surface area contributed by atoms with Crippen LogP contribution in [0, 0.1) is 5.82 Å². The van der Waals surface area contributed by atoms with Gasteiger partial charge in [-0.1, -0.05) is 11.6 Å². The van der Waals surface area contributed by atoms with E-state index < -0.39 is 5.82 Å². The molecule has 29 heavy (non-hydrogen) atoms. The van der Waals surface area contributed by atoms with Crippen LogP contribution < -0.4 is 20.3 Å². The lowest BCUT2D eigenvalue weighted by molar-refractivity contribution is 0.338. The number of ether oxygens (including phenoxy) is 1. The molecule has 150 valence electrons. The molecule has 7 nitrogen and oxygen atoms in total. The highest BCUT2D eigenvalue weighted by atomic mass is 35.5. The summed E-state index contributed by atoms with van der Waals surface area (Å²) in [7, 11) is 0. The second-order valence-electron chi connectivity index (χ2n) is 7.23. The Morgan fingerprint density at radius 1 is 1.34 bits per heavy atom. The van der Waals surface area contributed by atoms with Crippen molar-refractivity contribution in [3.05, 3.63) is 41.4 Å². The van der Waals surface area contributed by atoms with Gasteiger partial charge in [-0.15, -0.1) is 0 Å². The molecule has 5 rings (SSSR count). The molecule has 4 heterocycles. The molecule has 2 bridgehead atoms. The third-order valence-electron chi connectivity index (χ3n) is 5.39. The number of anilines is 3. The topological polar surface area (TPSA) is 75.2 Å². The number of aromatic nitrogens is 3. The standard InChI is InChI=1S/C20H20ClFN6O/c1-2-29-17-7-14(22)16(6-13(17)21)26-20-19-15(24-10-25-20)3-4-18(27-19)28-9-11-5-12(28)8-23-11/h3-4,6-7,10-12,23H,2,5,8-9H2,1H3,(H,24,25,26)/t11-,12-/m0/s1. The van der Waals surface area contributed by atoms with Gasteiger partial charge >= 0.3 is 0 Å². The van der Waals surface area contributed by atoms with Gasteiger partial charge in [-0.2, -0.15) is 0 Å². The Balaban J connectivity index is 1.50. The van der Waals surface area contributed by atoms with Gasteiger partial charge in [-0.25, -0.2) is 19.3 Å². The maximum atomic E-state index is 14.6. The molecule has 2 aromatic heterocycles. The van der Waals surface area contributed by atoms with Gasteiger partial charge in [0.15, 0.2) is 5.82 Å². The molecule has 2 atom stereocenters. The van der Waals surface area contributed by atoms with Crippen LogP contribution in [0.2, 0.25) is 5.02 Å². The van der Waals surface area contributed by atoms with Crippen molar-refractivity contribution in [3.8, 4) is 5.75 Å². The van der Waals surface area contributed by atoms with E-state index in [2.05, 4.69) is 25.5 Å². The predicted molar refractivity (Wildman–Crippen MR) is 111 cm³/mol. The van der Waals surface area contributed by atoms with E-state index in [0.717, 1.165) is 25.3 Å². The number of halogens is 2. The van der Waals surface area contributed by atoms with E-state index in [-0.39, 0.29) is 5.69 Å². The van der Waals surface area contributed by atoms with Crippen LogP contribution in [-0.4, -0.2) is 46.7 Å². The highest BCUT2D eigenvalue weighted by molar-refractivity contribution is 6.32. The maximum absolute atomic E-state index is 14.6. The number of fused-ring (bicyclic) bond motifs is 3. The van der Waals surface area contributed by atoms with E-state index in [4.69, 9.17) is 21.3 Å². The van der Waals surface area contributed by atoms with Crippen molar-refractivity contribution < 1.29 is 9.13 Å². The summed E-state index contributed by atoms with van der Waals surface area (Å²) in [5, 5.41) is 6.83. The van der Waals surface area contributed by atoms with Crippen LogP contribution in [0.1, 0.15) is 13.3 Å². The average Bonchev–Trinajstić information content (AvgIpc) is 3.35. The van der Waals surface area contributed by atoms with E-state index in [9.17, 15) is 4.39 Å². The summed E-state index contributed by atoms with van der Waals surface area (Å²) in [5.74, 6) is 1.14. The number of benzene rings is 1. The van der Waals surface area contributed by atoms with Crippen molar-refractivity contribution in [2.45, 2.75) is 25.4 Å². The Hall–Kier alpha value is -2.71. The first-order valence-corrected chi connectivity index (χ1v) is 10.0. The number of nitrogens with zero attached hydrogens (tertiary/aromatic N) is 4. The molecule has 0 spiro atoms. The summed E-state index contributed by atoms with van der Waals surface area (Å²) in [6.07, 6.45) is 2.56. The molecule has 2 saturated heterocycles. The molecule has 0 unspecified atom stereocenters. The molecule has 1 aromatic carbocycles. The number of nitrogens with one attached hydrogen (secondary N) is 2. The van der Waals surface area contributed by atoms with Crippen molar-refractivity contribution in [2.75, 3.05) is 29.9 Å². The quantitative estimate of drug-likeness (QED) is 0.661. The first kappa shape index (κ1) is 18.3. The molecular weight excluding hydrogens is 395 g/mol. The highest BCUT2D eigenvalue weighted by Crippen LogP contribution is 2.34. The number of hydrogen-bond donors (Lipinski definition) is 2. The SMILES string of the molecule is CCOc1cc(F)c(Nc2ncnc3ccc(N4C[C@@H]5C[C@H]4CN5)nc23)cc1Cl. The third kappa shape index (κ3) is 3.32. The molecular formula is C20H20ClFN6O. The first-order valence-electron chi connectivity index (χ1n) is 9.63. The fourth-order valence-corrected chi connectivity index (χ4v) is 4.26. The largest absolute Gasteiger partial charge is 0.492 e. The normalized spacial score (nSPS) is 20.4. The zero-order valence-electron chi connectivity index (χ0n) is 15.8. The van der Waals surface area contributed by atoms with E-state index in [1.807, 2.05) is 19.1 Å². The molecule has 2 fully saturated rings. The van der Waals surface area contributed by atoms with Gasteiger partial charge in [0.2, 0.25) is 0 Å². The van der Waals surface area contributed by atoms with Crippen LogP contribution in [0.15, 0.2) is 30.6 Å². The number of hydrogen-bond acceptors (Lipinski definition) is 7. The number of pyridine rings is 1. The minimum absolute atomic E-state index is 0.204. The van der Waals surface area contributed by atoms with Crippen LogP contribution in [0.25, 0.3) is 11.0 Å². The Morgan fingerprint density at radius 3 is 3.00 bits per heavy atom. The third-order valence-corrected chi connectivity index (χ3v) is 5.69. The molecule has 3 aromatic rings. The lowest BCUT2D eigenvalue weighted by Crippen LogP contribution is -2.44. The van der Waals surface area contributed by atoms with Crippen LogP contribution in [0.3, 0.4) is 0 Å². The summed E-state index contributed by atoms with van der Waals surface area (Å²) < 4.78 is 19.9. The summed E-state index contributed by atoms with van der Waals surface area (Å²) in [4.78, 5) is 15.7. The van der Waals surface area contributed by atoms with Crippen LogP contribution in [-0.2, 0) is 0 Å². The Labute approximate surface area is 172 Å². The summed E-state index contributed by atoms with van der Waals surface area (Å²) >= 11 is 6.22. The Bertz CT molecular complexity index is 1080. The monoisotopic (exact) mass is 414 g/mol. The minimum Gasteiger partial charge on any atom is -0.492 e. The smallest absolute Gasteiger partial charge is 0.160 e. The number of piperazine rings is 1. The van der Waals surface area contributed by atoms with Crippen molar-refractivity contribution >= 4 is 40.0 Å². The Morgan fingerprint density at radius 2 is 2.24 bits per heavy atom. The fraction of sp³-hybridized carbons (Fsp3) is 0.350. The molecule has 2 N–H and O–H groups in total. The number of rotatable bonds is 5. The van der Waals surface area contributed by atoms with Crippen molar-refractivity contribution in [3.63, 3.8) is 0 Å². The first-order chi connectivity index (χ1) is 14.1. The predicted octanol–water partition coefficient (Wildman–Crippen LogP) is 3.51. The van der Waals surface area contributed by atoms with Gasteiger partial charge in [0, 0.05) is 31.2 Å². The van der Waals surface area contributed by atoms with E-state index in [1.165, 1.54) is 18.5 Å².